The van der Waals surface area contributed by atoms with Crippen LogP contribution in [0.25, 0.3) is 11.3 Å². The summed E-state index contributed by atoms with van der Waals surface area (Å²) in [6.07, 6.45) is 0. The van der Waals surface area contributed by atoms with Crippen molar-refractivity contribution in [2.24, 2.45) is 5.92 Å². The quantitative estimate of drug-likeness (QED) is 0.227. The Hall–Kier alpha value is -4.84. The fourth-order valence-corrected chi connectivity index (χ4v) is 5.18. The van der Waals surface area contributed by atoms with E-state index in [1.807, 2.05) is 51.5 Å². The van der Waals surface area contributed by atoms with E-state index in [0.717, 1.165) is 28.8 Å². The molecule has 43 heavy (non-hydrogen) atoms. The minimum absolute atomic E-state index is 0.210. The maximum atomic E-state index is 14.5. The number of hydrogen-bond donors (Lipinski definition) is 2. The van der Waals surface area contributed by atoms with E-state index in [4.69, 9.17) is 9.47 Å². The first-order chi connectivity index (χ1) is 20.2. The molecule has 2 heterocycles. The lowest BCUT2D eigenvalue weighted by Crippen LogP contribution is -2.32. The van der Waals surface area contributed by atoms with Crippen molar-refractivity contribution in [2.45, 2.75) is 39.6 Å². The van der Waals surface area contributed by atoms with Gasteiger partial charge < -0.3 is 14.6 Å². The van der Waals surface area contributed by atoms with Crippen LogP contribution in [0, 0.1) is 32.5 Å². The normalized spacial score (nSPS) is 11.3. The minimum atomic E-state index is -4.59. The van der Waals surface area contributed by atoms with Crippen molar-refractivity contribution in [1.82, 2.24) is 14.7 Å². The molecule has 2 N–H and O–H groups in total. The van der Waals surface area contributed by atoms with E-state index < -0.39 is 38.4 Å². The highest BCUT2D eigenvalue weighted by Crippen LogP contribution is 2.33. The molecule has 0 fully saturated rings. The van der Waals surface area contributed by atoms with E-state index >= 15 is 0 Å². The first-order valence-electron chi connectivity index (χ1n) is 13.2. The number of carbonyl (C=O) groups is 2. The minimum Gasteiger partial charge on any atom is -0.493 e. The topological polar surface area (TPSA) is 145 Å². The number of aryl methyl sites for hydroxylation is 3. The van der Waals surface area contributed by atoms with Gasteiger partial charge in [0.15, 0.2) is 5.03 Å². The Bertz CT molecular complexity index is 1800. The summed E-state index contributed by atoms with van der Waals surface area (Å²) in [5, 5.41) is 8.52. The number of ether oxygens (including phenoxy) is 2. The molecule has 0 aliphatic carbocycles. The Labute approximate surface area is 248 Å². The van der Waals surface area contributed by atoms with Crippen molar-refractivity contribution in [2.75, 3.05) is 6.61 Å². The highest BCUT2D eigenvalue weighted by atomic mass is 32.2. The van der Waals surface area contributed by atoms with E-state index in [9.17, 15) is 27.5 Å². The van der Waals surface area contributed by atoms with Gasteiger partial charge in [-0.15, -0.1) is 0 Å². The summed E-state index contributed by atoms with van der Waals surface area (Å²) >= 11 is 0. The van der Waals surface area contributed by atoms with Gasteiger partial charge in [0.1, 0.15) is 28.6 Å². The van der Waals surface area contributed by atoms with Gasteiger partial charge in [-0.25, -0.2) is 23.9 Å². The van der Waals surface area contributed by atoms with E-state index in [-0.39, 0.29) is 23.1 Å². The van der Waals surface area contributed by atoms with Crippen molar-refractivity contribution in [3.8, 4) is 28.6 Å². The van der Waals surface area contributed by atoms with Crippen LogP contribution >= 0.6 is 0 Å². The highest BCUT2D eigenvalue weighted by molar-refractivity contribution is 7.90. The number of aromatic carboxylic acids is 1. The van der Waals surface area contributed by atoms with Gasteiger partial charge in [-0.2, -0.15) is 8.42 Å². The van der Waals surface area contributed by atoms with Crippen molar-refractivity contribution >= 4 is 21.9 Å². The standard InChI is InChI=1S/C31H30FN3O7S/c1-17(2)16-41-23-14-21(13-22(32)15-23)25-10-9-24(30(34-25)42-28-19(4)11-18(3)12-20(28)5)29(36)35-43(39,40)27-8-6-7-26(33-27)31(37)38/h6-15,17H,16H2,1-5H3,(H,35,36)(H,37,38). The van der Waals surface area contributed by atoms with Gasteiger partial charge in [-0.1, -0.05) is 37.6 Å². The van der Waals surface area contributed by atoms with Crippen LogP contribution in [0.4, 0.5) is 4.39 Å². The highest BCUT2D eigenvalue weighted by Gasteiger charge is 2.25. The predicted molar refractivity (Wildman–Crippen MR) is 157 cm³/mol. The zero-order valence-electron chi connectivity index (χ0n) is 24.1. The molecule has 0 bridgehead atoms. The van der Waals surface area contributed by atoms with Crippen molar-refractivity contribution in [1.29, 1.82) is 0 Å². The van der Waals surface area contributed by atoms with Gasteiger partial charge in [-0.05, 0) is 74.2 Å². The number of nitrogens with zero attached hydrogens (tertiary/aromatic N) is 2. The van der Waals surface area contributed by atoms with Gasteiger partial charge in [0.2, 0.25) is 5.88 Å². The van der Waals surface area contributed by atoms with Crippen molar-refractivity contribution in [3.05, 3.63) is 94.4 Å². The average molecular weight is 608 g/mol. The number of carbonyl (C=O) groups excluding carboxylic acids is 1. The van der Waals surface area contributed by atoms with E-state index in [2.05, 4.69) is 9.97 Å². The summed E-state index contributed by atoms with van der Waals surface area (Å²) in [6, 6.07) is 14.0. The van der Waals surface area contributed by atoms with Gasteiger partial charge in [0.25, 0.3) is 15.9 Å². The molecule has 12 heteroatoms. The molecule has 2 aromatic carbocycles. The number of aromatic nitrogens is 2. The lowest BCUT2D eigenvalue weighted by molar-refractivity contribution is 0.0689. The second-order valence-corrected chi connectivity index (χ2v) is 12.0. The van der Waals surface area contributed by atoms with Crippen LogP contribution in [0.2, 0.25) is 0 Å². The SMILES string of the molecule is Cc1cc(C)c(Oc2nc(-c3cc(F)cc(OCC(C)C)c3)ccc2C(=O)NS(=O)(=O)c2cccc(C(=O)O)n2)c(C)c1. The summed E-state index contributed by atoms with van der Waals surface area (Å²) in [5.41, 5.74) is 2.30. The number of benzene rings is 2. The summed E-state index contributed by atoms with van der Waals surface area (Å²) in [6.45, 7) is 9.84. The molecular weight excluding hydrogens is 577 g/mol. The lowest BCUT2D eigenvalue weighted by Gasteiger charge is -2.16. The van der Waals surface area contributed by atoms with Gasteiger partial charge >= 0.3 is 5.97 Å². The maximum Gasteiger partial charge on any atom is 0.354 e. The second-order valence-electron chi connectivity index (χ2n) is 10.4. The Morgan fingerprint density at radius 1 is 0.977 bits per heavy atom. The van der Waals surface area contributed by atoms with Gasteiger partial charge in [0, 0.05) is 11.6 Å². The fraction of sp³-hybridized carbons (Fsp3) is 0.226. The van der Waals surface area contributed by atoms with Crippen LogP contribution in [0.3, 0.4) is 0 Å². The first kappa shape index (κ1) is 31.1. The van der Waals surface area contributed by atoms with Crippen LogP contribution in [0.15, 0.2) is 65.7 Å². The van der Waals surface area contributed by atoms with Crippen molar-refractivity contribution < 1.29 is 37.0 Å². The summed E-state index contributed by atoms with van der Waals surface area (Å²) in [5.74, 6) is -2.42. The van der Waals surface area contributed by atoms with Gasteiger partial charge in [-0.3, -0.25) is 4.79 Å². The third kappa shape index (κ3) is 7.52. The first-order valence-corrected chi connectivity index (χ1v) is 14.7. The molecule has 0 spiro atoms. The van der Waals surface area contributed by atoms with E-state index in [0.29, 0.717) is 23.7 Å². The molecule has 4 rings (SSSR count). The summed E-state index contributed by atoms with van der Waals surface area (Å²) in [4.78, 5) is 32.7. The monoisotopic (exact) mass is 607 g/mol. The maximum absolute atomic E-state index is 14.5. The third-order valence-corrected chi connectivity index (χ3v) is 7.34. The van der Waals surface area contributed by atoms with Crippen LogP contribution in [0.1, 0.15) is 51.4 Å². The molecule has 0 atom stereocenters. The third-order valence-electron chi connectivity index (χ3n) is 6.10. The second kappa shape index (κ2) is 12.6. The average Bonchev–Trinajstić information content (AvgIpc) is 2.93. The lowest BCUT2D eigenvalue weighted by atomic mass is 10.1. The number of carboxylic acids is 1. The molecule has 0 aliphatic rings. The molecule has 1 amide bonds. The van der Waals surface area contributed by atoms with Crippen LogP contribution in [-0.2, 0) is 10.0 Å². The number of halogens is 1. The molecule has 10 nitrogen and oxygen atoms in total. The number of pyridine rings is 2. The number of amides is 1. The molecule has 0 radical (unpaired) electrons. The molecule has 224 valence electrons. The van der Waals surface area contributed by atoms with Crippen LogP contribution in [-0.4, -0.2) is 42.0 Å². The Morgan fingerprint density at radius 2 is 1.67 bits per heavy atom. The Balaban J connectivity index is 1.78. The number of rotatable bonds is 10. The molecule has 0 unspecified atom stereocenters. The number of sulfonamides is 1. The fourth-order valence-electron chi connectivity index (χ4n) is 4.25. The Morgan fingerprint density at radius 3 is 2.33 bits per heavy atom. The largest absolute Gasteiger partial charge is 0.493 e. The van der Waals surface area contributed by atoms with E-state index in [1.165, 1.54) is 30.3 Å². The predicted octanol–water partition coefficient (Wildman–Crippen LogP) is 5.85. The molecular formula is C31H30FN3O7S. The zero-order valence-corrected chi connectivity index (χ0v) is 25.0. The zero-order chi connectivity index (χ0) is 31.5. The van der Waals surface area contributed by atoms with E-state index in [1.54, 1.807) is 6.07 Å². The van der Waals surface area contributed by atoms with Crippen LogP contribution < -0.4 is 14.2 Å². The smallest absolute Gasteiger partial charge is 0.354 e. The molecule has 0 aliphatic heterocycles. The number of nitrogens with one attached hydrogen (secondary N) is 1. The van der Waals surface area contributed by atoms with Gasteiger partial charge in [0.05, 0.1) is 12.3 Å². The summed E-state index contributed by atoms with van der Waals surface area (Å²) in [7, 11) is -4.59. The molecule has 2 aromatic heterocycles. The van der Waals surface area contributed by atoms with Crippen molar-refractivity contribution in [3.63, 3.8) is 0 Å². The molecule has 0 saturated carbocycles. The molecule has 0 saturated heterocycles. The number of carboxylic acid groups (broad SMARTS) is 1. The van der Waals surface area contributed by atoms with Crippen LogP contribution in [0.5, 0.6) is 17.4 Å². The Kier molecular flexibility index (Phi) is 9.10. The number of hydrogen-bond acceptors (Lipinski definition) is 8. The summed E-state index contributed by atoms with van der Waals surface area (Å²) < 4.78 is 54.2. The molecule has 4 aromatic rings.